The maximum atomic E-state index is 11.7. The zero-order valence-electron chi connectivity index (χ0n) is 11.6. The van der Waals surface area contributed by atoms with E-state index in [0.29, 0.717) is 0 Å². The fourth-order valence-electron chi connectivity index (χ4n) is 1.79. The van der Waals surface area contributed by atoms with Crippen molar-refractivity contribution in [3.8, 4) is 11.4 Å². The molecule has 108 valence electrons. The maximum Gasteiger partial charge on any atom is 0.241 e. The molecule has 2 rings (SSSR count). The van der Waals surface area contributed by atoms with E-state index in [-0.39, 0.29) is 18.3 Å². The number of carbonyl (C=O) groups is 1. The van der Waals surface area contributed by atoms with Crippen LogP contribution in [0.2, 0.25) is 0 Å². The molecule has 0 radical (unpaired) electrons. The summed E-state index contributed by atoms with van der Waals surface area (Å²) in [6, 6.07) is 5.11. The van der Waals surface area contributed by atoms with E-state index in [4.69, 9.17) is 5.73 Å². The number of hydrogen-bond donors (Lipinski definition) is 2. The molecule has 1 aromatic heterocycles. The first-order chi connectivity index (χ1) is 9.00. The predicted octanol–water partition coefficient (Wildman–Crippen LogP) is 1.50. The van der Waals surface area contributed by atoms with Crippen molar-refractivity contribution >= 4 is 24.0 Å². The van der Waals surface area contributed by atoms with E-state index in [2.05, 4.69) is 15.5 Å². The van der Waals surface area contributed by atoms with Crippen LogP contribution in [-0.4, -0.2) is 26.7 Å². The molecule has 2 aromatic rings. The summed E-state index contributed by atoms with van der Waals surface area (Å²) in [5.74, 6) is 0.549. The van der Waals surface area contributed by atoms with Crippen molar-refractivity contribution in [2.75, 3.05) is 5.32 Å². The van der Waals surface area contributed by atoms with Gasteiger partial charge in [0.05, 0.1) is 6.04 Å². The van der Waals surface area contributed by atoms with Crippen molar-refractivity contribution < 1.29 is 4.79 Å². The SMILES string of the molecule is Cc1c(NC(=O)[C@@H](C)N)cccc1-c1nncn1C.Cl. The van der Waals surface area contributed by atoms with Gasteiger partial charge < -0.3 is 15.6 Å². The topological polar surface area (TPSA) is 85.8 Å². The van der Waals surface area contributed by atoms with E-state index >= 15 is 0 Å². The lowest BCUT2D eigenvalue weighted by Crippen LogP contribution is -2.32. The minimum atomic E-state index is -0.544. The molecule has 3 N–H and O–H groups in total. The summed E-state index contributed by atoms with van der Waals surface area (Å²) in [5.41, 5.74) is 8.16. The fraction of sp³-hybridized carbons (Fsp3) is 0.308. The van der Waals surface area contributed by atoms with Crippen LogP contribution in [0.5, 0.6) is 0 Å². The summed E-state index contributed by atoms with van der Waals surface area (Å²) < 4.78 is 1.83. The summed E-state index contributed by atoms with van der Waals surface area (Å²) in [7, 11) is 1.88. The fourth-order valence-corrected chi connectivity index (χ4v) is 1.79. The number of nitrogens with two attached hydrogens (primary N) is 1. The molecule has 1 heterocycles. The number of halogens is 1. The Morgan fingerprint density at radius 3 is 2.70 bits per heavy atom. The van der Waals surface area contributed by atoms with Crippen LogP contribution < -0.4 is 11.1 Å². The molecule has 0 aliphatic carbocycles. The largest absolute Gasteiger partial charge is 0.324 e. The number of aromatic nitrogens is 3. The lowest BCUT2D eigenvalue weighted by atomic mass is 10.1. The van der Waals surface area contributed by atoms with Gasteiger partial charge in [0.25, 0.3) is 0 Å². The second-order valence-electron chi connectivity index (χ2n) is 4.52. The molecular formula is C13H18ClN5O. The van der Waals surface area contributed by atoms with Crippen molar-refractivity contribution in [1.82, 2.24) is 14.8 Å². The van der Waals surface area contributed by atoms with Crippen LogP contribution in [0.4, 0.5) is 5.69 Å². The Morgan fingerprint density at radius 2 is 2.15 bits per heavy atom. The predicted molar refractivity (Wildman–Crippen MR) is 80.7 cm³/mol. The number of hydrogen-bond acceptors (Lipinski definition) is 4. The molecule has 6 nitrogen and oxygen atoms in total. The average molecular weight is 296 g/mol. The number of aryl methyl sites for hydroxylation is 1. The van der Waals surface area contributed by atoms with E-state index in [1.807, 2.05) is 36.7 Å². The normalized spacial score (nSPS) is 11.6. The van der Waals surface area contributed by atoms with Crippen molar-refractivity contribution in [3.05, 3.63) is 30.1 Å². The molecule has 20 heavy (non-hydrogen) atoms. The first kappa shape index (κ1) is 16.1. The molecule has 1 aromatic carbocycles. The number of carbonyl (C=O) groups excluding carboxylic acids is 1. The van der Waals surface area contributed by atoms with Gasteiger partial charge in [-0.05, 0) is 25.5 Å². The summed E-state index contributed by atoms with van der Waals surface area (Å²) in [6.07, 6.45) is 1.64. The number of nitrogens with zero attached hydrogens (tertiary/aromatic N) is 3. The first-order valence-corrected chi connectivity index (χ1v) is 6.01. The van der Waals surface area contributed by atoms with Crippen molar-refractivity contribution in [3.63, 3.8) is 0 Å². The van der Waals surface area contributed by atoms with Gasteiger partial charge in [-0.2, -0.15) is 0 Å². The van der Waals surface area contributed by atoms with E-state index in [9.17, 15) is 4.79 Å². The minimum Gasteiger partial charge on any atom is -0.324 e. The van der Waals surface area contributed by atoms with Crippen LogP contribution in [0, 0.1) is 6.92 Å². The zero-order valence-corrected chi connectivity index (χ0v) is 12.4. The third kappa shape index (κ3) is 3.15. The van der Waals surface area contributed by atoms with Crippen LogP contribution in [0.1, 0.15) is 12.5 Å². The van der Waals surface area contributed by atoms with Gasteiger partial charge in [0.1, 0.15) is 6.33 Å². The van der Waals surface area contributed by atoms with Gasteiger partial charge in [-0.25, -0.2) is 0 Å². The first-order valence-electron chi connectivity index (χ1n) is 6.01. The van der Waals surface area contributed by atoms with E-state index in [1.165, 1.54) is 0 Å². The van der Waals surface area contributed by atoms with E-state index in [1.54, 1.807) is 13.3 Å². The molecule has 0 aliphatic heterocycles. The molecule has 7 heteroatoms. The zero-order chi connectivity index (χ0) is 14.0. The van der Waals surface area contributed by atoms with Crippen LogP contribution in [0.3, 0.4) is 0 Å². The number of amides is 1. The van der Waals surface area contributed by atoms with Gasteiger partial charge in [-0.15, -0.1) is 22.6 Å². The number of benzene rings is 1. The Kier molecular flexibility index (Phi) is 5.24. The Morgan fingerprint density at radius 1 is 1.45 bits per heavy atom. The van der Waals surface area contributed by atoms with Crippen molar-refractivity contribution in [1.29, 1.82) is 0 Å². The smallest absolute Gasteiger partial charge is 0.241 e. The number of rotatable bonds is 3. The molecule has 0 aliphatic rings. The molecule has 0 saturated heterocycles. The van der Waals surface area contributed by atoms with Crippen LogP contribution in [0.25, 0.3) is 11.4 Å². The van der Waals surface area contributed by atoms with E-state index < -0.39 is 6.04 Å². The van der Waals surface area contributed by atoms with Crippen LogP contribution >= 0.6 is 12.4 Å². The third-order valence-electron chi connectivity index (χ3n) is 2.96. The second-order valence-corrected chi connectivity index (χ2v) is 4.52. The second kappa shape index (κ2) is 6.49. The summed E-state index contributed by atoms with van der Waals surface area (Å²) >= 11 is 0. The molecule has 0 bridgehead atoms. The average Bonchev–Trinajstić information content (AvgIpc) is 2.78. The standard InChI is InChI=1S/C13H17N5O.ClH/c1-8-10(12-17-15-7-18(12)3)5-4-6-11(8)16-13(19)9(2)14;/h4-7,9H,14H2,1-3H3,(H,16,19);1H/t9-;/m1./s1. The molecular weight excluding hydrogens is 278 g/mol. The highest BCUT2D eigenvalue weighted by Gasteiger charge is 2.13. The quantitative estimate of drug-likeness (QED) is 0.898. The highest BCUT2D eigenvalue weighted by atomic mass is 35.5. The lowest BCUT2D eigenvalue weighted by Gasteiger charge is -2.13. The van der Waals surface area contributed by atoms with Gasteiger partial charge >= 0.3 is 0 Å². The summed E-state index contributed by atoms with van der Waals surface area (Å²) in [4.78, 5) is 11.7. The molecule has 1 amide bonds. The molecule has 0 fully saturated rings. The minimum absolute atomic E-state index is 0. The molecule has 0 spiro atoms. The number of anilines is 1. The number of nitrogens with one attached hydrogen (secondary N) is 1. The lowest BCUT2D eigenvalue weighted by molar-refractivity contribution is -0.117. The van der Waals surface area contributed by atoms with E-state index in [0.717, 1.165) is 22.6 Å². The maximum absolute atomic E-state index is 11.7. The third-order valence-corrected chi connectivity index (χ3v) is 2.96. The highest BCUT2D eigenvalue weighted by molar-refractivity contribution is 5.95. The molecule has 0 unspecified atom stereocenters. The van der Waals surface area contributed by atoms with Gasteiger partial charge in [0.2, 0.25) is 5.91 Å². The monoisotopic (exact) mass is 295 g/mol. The van der Waals surface area contributed by atoms with Crippen molar-refractivity contribution in [2.24, 2.45) is 12.8 Å². The molecule has 1 atom stereocenters. The summed E-state index contributed by atoms with van der Waals surface area (Å²) in [5, 5.41) is 10.8. The van der Waals surface area contributed by atoms with Gasteiger partial charge in [-0.3, -0.25) is 4.79 Å². The van der Waals surface area contributed by atoms with Crippen LogP contribution in [-0.2, 0) is 11.8 Å². The van der Waals surface area contributed by atoms with Gasteiger partial charge in [0.15, 0.2) is 5.82 Å². The highest BCUT2D eigenvalue weighted by Crippen LogP contribution is 2.26. The van der Waals surface area contributed by atoms with Gasteiger partial charge in [0, 0.05) is 18.3 Å². The van der Waals surface area contributed by atoms with Crippen LogP contribution in [0.15, 0.2) is 24.5 Å². The Balaban J connectivity index is 0.00000200. The van der Waals surface area contributed by atoms with Gasteiger partial charge in [-0.1, -0.05) is 12.1 Å². The Labute approximate surface area is 123 Å². The van der Waals surface area contributed by atoms with Crippen molar-refractivity contribution in [2.45, 2.75) is 19.9 Å². The Bertz CT molecular complexity index is 609. The summed E-state index contributed by atoms with van der Waals surface area (Å²) in [6.45, 7) is 3.58. The Hall–Kier alpha value is -1.92. The molecule has 0 saturated carbocycles.